The number of hydrogen-bond acceptors (Lipinski definition) is 4. The summed E-state index contributed by atoms with van der Waals surface area (Å²) in [5.41, 5.74) is 2.17. The Kier molecular flexibility index (Phi) is 7.11. The topological polar surface area (TPSA) is 30.9 Å². The van der Waals surface area contributed by atoms with Crippen LogP contribution in [-0.2, 0) is 17.7 Å². The van der Waals surface area contributed by atoms with Gasteiger partial charge in [-0.15, -0.1) is 19.7 Å². The zero-order chi connectivity index (χ0) is 22.7. The molecule has 1 aliphatic heterocycles. The van der Waals surface area contributed by atoms with Crippen molar-refractivity contribution in [2.45, 2.75) is 63.6 Å². The van der Waals surface area contributed by atoms with Crippen molar-refractivity contribution in [2.75, 3.05) is 20.4 Å². The Morgan fingerprint density at radius 1 is 1.22 bits per heavy atom. The second-order valence-corrected chi connectivity index (χ2v) is 9.76. The summed E-state index contributed by atoms with van der Waals surface area (Å²) >= 11 is 0. The third-order valence-corrected chi connectivity index (χ3v) is 7.95. The van der Waals surface area contributed by atoms with Crippen molar-refractivity contribution < 1.29 is 14.2 Å². The van der Waals surface area contributed by atoms with Gasteiger partial charge in [-0.25, -0.2) is 0 Å². The average Bonchev–Trinajstić information content (AvgIpc) is 3.08. The summed E-state index contributed by atoms with van der Waals surface area (Å²) in [5.74, 6) is 3.70. The van der Waals surface area contributed by atoms with E-state index in [2.05, 4.69) is 55.8 Å². The Bertz CT molecular complexity index is 833. The van der Waals surface area contributed by atoms with Crippen molar-refractivity contribution in [3.63, 3.8) is 0 Å². The molecule has 2 saturated carbocycles. The van der Waals surface area contributed by atoms with Gasteiger partial charge < -0.3 is 14.2 Å². The number of benzene rings is 1. The lowest BCUT2D eigenvalue weighted by Crippen LogP contribution is -2.47. The highest BCUT2D eigenvalue weighted by atomic mass is 16.5. The standard InChI is InChI=1S/C28H39NO3/c1-6-10-20-13-23-17-29(19-31-27(23)26(14-20)30-5)24(7-2)18-32-28(9-4)15-21-11-12-22(16-28)25(21)8-3/h6,8-9,13-14,21-22,24-25H,1,3-4,7,10-12,15-19H2,2,5H3. The Labute approximate surface area is 193 Å². The zero-order valence-corrected chi connectivity index (χ0v) is 19.9. The highest BCUT2D eigenvalue weighted by Gasteiger charge is 2.48. The van der Waals surface area contributed by atoms with Crippen molar-refractivity contribution in [1.82, 2.24) is 4.90 Å². The van der Waals surface area contributed by atoms with Crippen LogP contribution in [0.2, 0.25) is 0 Å². The molecule has 3 atom stereocenters. The molecule has 32 heavy (non-hydrogen) atoms. The van der Waals surface area contributed by atoms with E-state index in [0.717, 1.165) is 43.7 Å². The molecule has 1 aromatic carbocycles. The van der Waals surface area contributed by atoms with E-state index in [4.69, 9.17) is 14.2 Å². The van der Waals surface area contributed by atoms with Crippen LogP contribution in [-0.4, -0.2) is 37.0 Å². The molecule has 4 nitrogen and oxygen atoms in total. The molecule has 0 N–H and O–H groups in total. The second kappa shape index (κ2) is 9.84. The minimum absolute atomic E-state index is 0.201. The fraction of sp³-hybridized carbons (Fsp3) is 0.571. The van der Waals surface area contributed by atoms with Crippen LogP contribution in [0.1, 0.15) is 50.2 Å². The minimum atomic E-state index is -0.201. The summed E-state index contributed by atoms with van der Waals surface area (Å²) in [6.07, 6.45) is 12.8. The summed E-state index contributed by atoms with van der Waals surface area (Å²) in [7, 11) is 1.70. The van der Waals surface area contributed by atoms with Gasteiger partial charge in [-0.3, -0.25) is 4.90 Å². The van der Waals surface area contributed by atoms with E-state index in [-0.39, 0.29) is 5.60 Å². The van der Waals surface area contributed by atoms with Crippen molar-refractivity contribution in [3.8, 4) is 11.5 Å². The first-order valence-electron chi connectivity index (χ1n) is 12.1. The lowest BCUT2D eigenvalue weighted by molar-refractivity contribution is -0.0892. The predicted molar refractivity (Wildman–Crippen MR) is 130 cm³/mol. The van der Waals surface area contributed by atoms with Crippen LogP contribution in [0.5, 0.6) is 11.5 Å². The molecule has 3 aliphatic rings. The van der Waals surface area contributed by atoms with Crippen LogP contribution in [0.3, 0.4) is 0 Å². The number of methoxy groups -OCH3 is 1. The number of fused-ring (bicyclic) bond motifs is 3. The Hall–Kier alpha value is -2.04. The van der Waals surface area contributed by atoms with E-state index in [0.29, 0.717) is 37.1 Å². The largest absolute Gasteiger partial charge is 0.493 e. The van der Waals surface area contributed by atoms with Gasteiger partial charge in [0.2, 0.25) is 0 Å². The summed E-state index contributed by atoms with van der Waals surface area (Å²) in [5, 5.41) is 0. The summed E-state index contributed by atoms with van der Waals surface area (Å²) < 4.78 is 18.5. The summed E-state index contributed by atoms with van der Waals surface area (Å²) in [4.78, 5) is 2.39. The first-order chi connectivity index (χ1) is 15.6. The van der Waals surface area contributed by atoms with Gasteiger partial charge >= 0.3 is 0 Å². The number of rotatable bonds is 10. The first-order valence-corrected chi connectivity index (χ1v) is 12.1. The van der Waals surface area contributed by atoms with E-state index in [1.54, 1.807) is 7.11 Å². The van der Waals surface area contributed by atoms with Crippen molar-refractivity contribution in [3.05, 3.63) is 61.2 Å². The van der Waals surface area contributed by atoms with Gasteiger partial charge in [-0.05, 0) is 67.9 Å². The summed E-state index contributed by atoms with van der Waals surface area (Å²) in [6.45, 7) is 16.5. The molecular formula is C28H39NO3. The number of nitrogens with zero attached hydrogens (tertiary/aromatic N) is 1. The maximum absolute atomic E-state index is 6.71. The Morgan fingerprint density at radius 2 is 1.97 bits per heavy atom. The Morgan fingerprint density at radius 3 is 2.56 bits per heavy atom. The van der Waals surface area contributed by atoms with Crippen LogP contribution in [0.15, 0.2) is 50.1 Å². The molecule has 0 aromatic heterocycles. The number of hydrogen-bond donors (Lipinski definition) is 0. The molecule has 0 saturated heterocycles. The molecule has 2 aliphatic carbocycles. The maximum Gasteiger partial charge on any atom is 0.167 e. The molecule has 4 rings (SSSR count). The van der Waals surface area contributed by atoms with Gasteiger partial charge in [0.1, 0.15) is 6.73 Å². The van der Waals surface area contributed by atoms with E-state index < -0.39 is 0 Å². The molecule has 4 heteroatoms. The highest BCUT2D eigenvalue weighted by Crippen LogP contribution is 2.52. The molecule has 2 fully saturated rings. The third kappa shape index (κ3) is 4.40. The normalized spacial score (nSPS) is 30.1. The van der Waals surface area contributed by atoms with E-state index in [1.165, 1.54) is 24.0 Å². The van der Waals surface area contributed by atoms with Crippen LogP contribution in [0.25, 0.3) is 0 Å². The maximum atomic E-state index is 6.71. The molecular weight excluding hydrogens is 398 g/mol. The molecule has 3 unspecified atom stereocenters. The lowest BCUT2D eigenvalue weighted by atomic mass is 9.71. The Balaban J connectivity index is 1.45. The van der Waals surface area contributed by atoms with Gasteiger partial charge in [0.25, 0.3) is 0 Å². The van der Waals surface area contributed by atoms with Crippen LogP contribution < -0.4 is 9.47 Å². The van der Waals surface area contributed by atoms with Crippen molar-refractivity contribution >= 4 is 0 Å². The summed E-state index contributed by atoms with van der Waals surface area (Å²) in [6, 6.07) is 4.57. The van der Waals surface area contributed by atoms with E-state index >= 15 is 0 Å². The molecule has 0 spiro atoms. The first kappa shape index (κ1) is 23.1. The molecule has 0 radical (unpaired) electrons. The monoisotopic (exact) mass is 437 g/mol. The quantitative estimate of drug-likeness (QED) is 0.425. The fourth-order valence-corrected chi connectivity index (χ4v) is 6.20. The molecule has 174 valence electrons. The molecule has 0 amide bonds. The molecule has 1 heterocycles. The predicted octanol–water partition coefficient (Wildman–Crippen LogP) is 5.92. The number of ether oxygens (including phenoxy) is 3. The zero-order valence-electron chi connectivity index (χ0n) is 19.9. The minimum Gasteiger partial charge on any atom is -0.493 e. The van der Waals surface area contributed by atoms with Gasteiger partial charge in [-0.1, -0.05) is 31.2 Å². The van der Waals surface area contributed by atoms with E-state index in [1.807, 2.05) is 6.08 Å². The van der Waals surface area contributed by atoms with Gasteiger partial charge in [0, 0.05) is 18.2 Å². The third-order valence-electron chi connectivity index (χ3n) is 7.95. The lowest BCUT2D eigenvalue weighted by Gasteiger charge is -2.43. The molecule has 2 bridgehead atoms. The highest BCUT2D eigenvalue weighted by molar-refractivity contribution is 5.50. The SMILES string of the molecule is C=CCc1cc2c(c(OC)c1)OCN(C(CC)COC1(C=C)CC3CCC(C1)C3C=C)C2. The average molecular weight is 438 g/mol. The van der Waals surface area contributed by atoms with Crippen LogP contribution >= 0.6 is 0 Å². The van der Waals surface area contributed by atoms with E-state index in [9.17, 15) is 0 Å². The number of allylic oxidation sites excluding steroid dienone is 2. The van der Waals surface area contributed by atoms with Crippen molar-refractivity contribution in [2.24, 2.45) is 17.8 Å². The van der Waals surface area contributed by atoms with Crippen LogP contribution in [0.4, 0.5) is 0 Å². The smallest absolute Gasteiger partial charge is 0.167 e. The molecule has 1 aromatic rings. The van der Waals surface area contributed by atoms with Crippen molar-refractivity contribution in [1.29, 1.82) is 0 Å². The van der Waals surface area contributed by atoms with Crippen LogP contribution in [0, 0.1) is 17.8 Å². The van der Waals surface area contributed by atoms with Gasteiger partial charge in [0.05, 0.1) is 19.3 Å². The van der Waals surface area contributed by atoms with Gasteiger partial charge in [0.15, 0.2) is 11.5 Å². The van der Waals surface area contributed by atoms with Gasteiger partial charge in [-0.2, -0.15) is 0 Å². The fourth-order valence-electron chi connectivity index (χ4n) is 6.20. The second-order valence-electron chi connectivity index (χ2n) is 9.76.